The Labute approximate surface area is 172 Å². The number of esters is 1. The molecule has 0 fully saturated rings. The number of benzene rings is 2. The molecule has 0 saturated heterocycles. The van der Waals surface area contributed by atoms with E-state index in [1.807, 2.05) is 30.3 Å². The van der Waals surface area contributed by atoms with Gasteiger partial charge in [0.25, 0.3) is 0 Å². The van der Waals surface area contributed by atoms with Crippen LogP contribution < -0.4 is 4.72 Å². The molecule has 3 rings (SSSR count). The number of hydrogen-bond acceptors (Lipinski definition) is 6. The van der Waals surface area contributed by atoms with Crippen molar-refractivity contribution in [3.63, 3.8) is 0 Å². The summed E-state index contributed by atoms with van der Waals surface area (Å²) >= 11 is 7.21. The zero-order valence-electron chi connectivity index (χ0n) is 14.8. The van der Waals surface area contributed by atoms with E-state index in [-0.39, 0.29) is 11.5 Å². The second kappa shape index (κ2) is 8.83. The Bertz CT molecular complexity index is 1050. The van der Waals surface area contributed by atoms with Crippen molar-refractivity contribution in [2.24, 2.45) is 0 Å². The third kappa shape index (κ3) is 5.17. The smallest absolute Gasteiger partial charge is 0.324 e. The molecule has 0 amide bonds. The van der Waals surface area contributed by atoms with Crippen molar-refractivity contribution >= 4 is 38.9 Å². The van der Waals surface area contributed by atoms with Crippen LogP contribution in [-0.4, -0.2) is 25.4 Å². The molecule has 0 unspecified atom stereocenters. The van der Waals surface area contributed by atoms with E-state index in [1.54, 1.807) is 5.38 Å². The van der Waals surface area contributed by atoms with Gasteiger partial charge in [0.1, 0.15) is 17.7 Å². The molecule has 0 aliphatic carbocycles. The van der Waals surface area contributed by atoms with Crippen LogP contribution in [0.15, 0.2) is 64.9 Å². The minimum absolute atomic E-state index is 0.0172. The predicted octanol–water partition coefficient (Wildman–Crippen LogP) is 3.87. The molecular formula is C19H17ClN2O4S2. The highest BCUT2D eigenvalue weighted by Crippen LogP contribution is 2.23. The van der Waals surface area contributed by atoms with Gasteiger partial charge in [-0.15, -0.1) is 11.3 Å². The number of hydrogen-bond donors (Lipinski definition) is 1. The average Bonchev–Trinajstić information content (AvgIpc) is 3.16. The quantitative estimate of drug-likeness (QED) is 0.568. The van der Waals surface area contributed by atoms with Gasteiger partial charge in [-0.3, -0.25) is 4.79 Å². The molecule has 1 N–H and O–H groups in total. The molecule has 9 heteroatoms. The van der Waals surface area contributed by atoms with Crippen LogP contribution in [0, 0.1) is 0 Å². The Morgan fingerprint density at radius 3 is 2.54 bits per heavy atom. The number of aromatic nitrogens is 1. The fourth-order valence-electron chi connectivity index (χ4n) is 2.32. The highest BCUT2D eigenvalue weighted by Gasteiger charge is 2.23. The van der Waals surface area contributed by atoms with Gasteiger partial charge < -0.3 is 4.74 Å². The summed E-state index contributed by atoms with van der Waals surface area (Å²) in [5, 5.41) is 3.05. The van der Waals surface area contributed by atoms with Gasteiger partial charge in [0, 0.05) is 16.0 Å². The predicted molar refractivity (Wildman–Crippen MR) is 109 cm³/mol. The van der Waals surface area contributed by atoms with Crippen LogP contribution in [0.25, 0.3) is 10.6 Å². The molecule has 1 heterocycles. The number of halogens is 1. The van der Waals surface area contributed by atoms with Gasteiger partial charge in [0.2, 0.25) is 10.0 Å². The number of carbonyl (C=O) groups is 1. The average molecular weight is 437 g/mol. The fraction of sp³-hybridized carbons (Fsp3) is 0.158. The molecule has 1 aromatic heterocycles. The third-order valence-corrected chi connectivity index (χ3v) is 6.49. The maximum atomic E-state index is 12.3. The lowest BCUT2D eigenvalue weighted by Gasteiger charge is -2.13. The first-order chi connectivity index (χ1) is 13.3. The Morgan fingerprint density at radius 2 is 1.86 bits per heavy atom. The van der Waals surface area contributed by atoms with Crippen molar-refractivity contribution < 1.29 is 17.9 Å². The van der Waals surface area contributed by atoms with Crippen molar-refractivity contribution in [3.8, 4) is 10.6 Å². The minimum Gasteiger partial charge on any atom is -0.458 e. The lowest BCUT2D eigenvalue weighted by atomic mass is 10.2. The van der Waals surface area contributed by atoms with E-state index in [4.69, 9.17) is 16.3 Å². The molecule has 146 valence electrons. The van der Waals surface area contributed by atoms with Gasteiger partial charge in [-0.1, -0.05) is 41.9 Å². The number of rotatable bonds is 7. The van der Waals surface area contributed by atoms with E-state index in [0.29, 0.717) is 10.7 Å². The Hall–Kier alpha value is -2.26. The van der Waals surface area contributed by atoms with Crippen molar-refractivity contribution in [2.75, 3.05) is 0 Å². The maximum absolute atomic E-state index is 12.3. The third-order valence-electron chi connectivity index (χ3n) is 3.74. The first-order valence-electron chi connectivity index (χ1n) is 8.29. The summed E-state index contributed by atoms with van der Waals surface area (Å²) in [5.74, 6) is -0.688. The summed E-state index contributed by atoms with van der Waals surface area (Å²) in [4.78, 5) is 16.6. The normalized spacial score (nSPS) is 12.5. The minimum atomic E-state index is -3.86. The number of sulfonamides is 1. The van der Waals surface area contributed by atoms with E-state index < -0.39 is 22.0 Å². The number of nitrogens with one attached hydrogen (secondary N) is 1. The van der Waals surface area contributed by atoms with Gasteiger partial charge in [-0.05, 0) is 31.2 Å². The topological polar surface area (TPSA) is 85.4 Å². The Kier molecular flexibility index (Phi) is 6.46. The van der Waals surface area contributed by atoms with E-state index in [0.717, 1.165) is 10.6 Å². The maximum Gasteiger partial charge on any atom is 0.324 e. The van der Waals surface area contributed by atoms with Gasteiger partial charge in [0.05, 0.1) is 10.6 Å². The molecule has 0 aliphatic rings. The SMILES string of the molecule is C[C@H](NS(=O)(=O)c1ccc(Cl)cc1)C(=O)OCc1csc(-c2ccccc2)n1. The van der Waals surface area contributed by atoms with Crippen LogP contribution in [0.1, 0.15) is 12.6 Å². The zero-order chi connectivity index (χ0) is 20.1. The van der Waals surface area contributed by atoms with E-state index in [1.165, 1.54) is 42.5 Å². The second-order valence-electron chi connectivity index (χ2n) is 5.91. The molecule has 0 spiro atoms. The molecule has 2 aromatic carbocycles. The van der Waals surface area contributed by atoms with Crippen LogP contribution in [0.2, 0.25) is 5.02 Å². The van der Waals surface area contributed by atoms with Crippen LogP contribution in [0.3, 0.4) is 0 Å². The lowest BCUT2D eigenvalue weighted by Crippen LogP contribution is -2.39. The first-order valence-corrected chi connectivity index (χ1v) is 11.0. The molecule has 1 atom stereocenters. The van der Waals surface area contributed by atoms with Crippen LogP contribution in [0.5, 0.6) is 0 Å². The molecule has 28 heavy (non-hydrogen) atoms. The second-order valence-corrected chi connectivity index (χ2v) is 8.92. The summed E-state index contributed by atoms with van der Waals surface area (Å²) in [5.41, 5.74) is 1.58. The molecule has 0 aliphatic heterocycles. The highest BCUT2D eigenvalue weighted by molar-refractivity contribution is 7.89. The van der Waals surface area contributed by atoms with Crippen LogP contribution in [-0.2, 0) is 26.2 Å². The van der Waals surface area contributed by atoms with Crippen molar-refractivity contribution in [3.05, 3.63) is 70.7 Å². The van der Waals surface area contributed by atoms with Crippen LogP contribution >= 0.6 is 22.9 Å². The van der Waals surface area contributed by atoms with Gasteiger partial charge in [0.15, 0.2) is 0 Å². The van der Waals surface area contributed by atoms with E-state index in [2.05, 4.69) is 9.71 Å². The molecule has 6 nitrogen and oxygen atoms in total. The molecule has 0 bridgehead atoms. The summed E-state index contributed by atoms with van der Waals surface area (Å²) in [6, 6.07) is 14.3. The van der Waals surface area contributed by atoms with Crippen molar-refractivity contribution in [1.82, 2.24) is 9.71 Å². The van der Waals surface area contributed by atoms with Crippen molar-refractivity contribution in [2.45, 2.75) is 24.5 Å². The number of ether oxygens (including phenoxy) is 1. The monoisotopic (exact) mass is 436 g/mol. The summed E-state index contributed by atoms with van der Waals surface area (Å²) < 4.78 is 32.1. The van der Waals surface area contributed by atoms with E-state index >= 15 is 0 Å². The summed E-state index contributed by atoms with van der Waals surface area (Å²) in [6.45, 7) is 1.39. The first kappa shape index (κ1) is 20.5. The molecular weight excluding hydrogens is 420 g/mol. The number of thiazole rings is 1. The standard InChI is InChI=1S/C19H17ClN2O4S2/c1-13(22-28(24,25)17-9-7-15(20)8-10-17)19(23)26-11-16-12-27-18(21-16)14-5-3-2-4-6-14/h2-10,12-13,22H,11H2,1H3/t13-/m0/s1. The van der Waals surface area contributed by atoms with Crippen molar-refractivity contribution in [1.29, 1.82) is 0 Å². The Morgan fingerprint density at radius 1 is 1.18 bits per heavy atom. The van der Waals surface area contributed by atoms with Gasteiger partial charge in [-0.2, -0.15) is 4.72 Å². The Balaban J connectivity index is 1.57. The highest BCUT2D eigenvalue weighted by atomic mass is 35.5. The number of nitrogens with zero attached hydrogens (tertiary/aromatic N) is 1. The summed E-state index contributed by atoms with van der Waals surface area (Å²) in [7, 11) is -3.86. The van der Waals surface area contributed by atoms with Gasteiger partial charge in [-0.25, -0.2) is 13.4 Å². The van der Waals surface area contributed by atoms with Crippen LogP contribution in [0.4, 0.5) is 0 Å². The van der Waals surface area contributed by atoms with Gasteiger partial charge >= 0.3 is 5.97 Å². The van der Waals surface area contributed by atoms with E-state index in [9.17, 15) is 13.2 Å². The zero-order valence-corrected chi connectivity index (χ0v) is 17.2. The molecule has 0 radical (unpaired) electrons. The lowest BCUT2D eigenvalue weighted by molar-refractivity contribution is -0.146. The fourth-order valence-corrected chi connectivity index (χ4v) is 4.45. The molecule has 3 aromatic rings. The number of carbonyl (C=O) groups excluding carboxylic acids is 1. The largest absolute Gasteiger partial charge is 0.458 e. The summed E-state index contributed by atoms with van der Waals surface area (Å²) in [6.07, 6.45) is 0. The molecule has 0 saturated carbocycles.